The second-order valence-electron chi connectivity index (χ2n) is 3.76. The molecular weight excluding hydrogens is 280 g/mol. The van der Waals surface area contributed by atoms with E-state index in [1.54, 1.807) is 4.31 Å². The van der Waals surface area contributed by atoms with E-state index in [1.807, 2.05) is 0 Å². The highest BCUT2D eigenvalue weighted by Crippen LogP contribution is 2.12. The van der Waals surface area contributed by atoms with Gasteiger partial charge in [-0.1, -0.05) is 28.8 Å². The number of rotatable bonds is 5. The van der Waals surface area contributed by atoms with Crippen LogP contribution in [0, 0.1) is 0 Å². The van der Waals surface area contributed by atoms with Crippen LogP contribution in [0.3, 0.4) is 0 Å². The fraction of sp³-hybridized carbons (Fsp3) is 1.00. The average Bonchev–Trinajstić information content (AvgIpc) is 2.46. The minimum atomic E-state index is -3.22. The predicted molar refractivity (Wildman–Crippen MR) is 65.4 cm³/mol. The Morgan fingerprint density at radius 2 is 1.73 bits per heavy atom. The van der Waals surface area contributed by atoms with Crippen molar-refractivity contribution in [3.63, 3.8) is 0 Å². The van der Waals surface area contributed by atoms with Crippen molar-refractivity contribution < 1.29 is 8.42 Å². The molecule has 0 saturated carbocycles. The van der Waals surface area contributed by atoms with E-state index >= 15 is 0 Å². The highest BCUT2D eigenvalue weighted by Gasteiger charge is 2.21. The Labute approximate surface area is 101 Å². The van der Waals surface area contributed by atoms with E-state index in [0.717, 1.165) is 37.4 Å². The van der Waals surface area contributed by atoms with Crippen LogP contribution in [-0.2, 0) is 10.2 Å². The lowest BCUT2D eigenvalue weighted by Gasteiger charge is -2.19. The molecule has 0 aromatic carbocycles. The normalized spacial score (nSPS) is 20.1. The first-order chi connectivity index (χ1) is 7.17. The Kier molecular flexibility index (Phi) is 6.11. The van der Waals surface area contributed by atoms with Crippen LogP contribution in [0.25, 0.3) is 0 Å². The van der Waals surface area contributed by atoms with Crippen molar-refractivity contribution >= 4 is 26.1 Å². The fourth-order valence-corrected chi connectivity index (χ4v) is 3.25. The first kappa shape index (κ1) is 13.4. The highest BCUT2D eigenvalue weighted by atomic mass is 79.9. The van der Waals surface area contributed by atoms with Gasteiger partial charge in [-0.3, -0.25) is 0 Å². The molecule has 1 fully saturated rings. The second kappa shape index (κ2) is 6.83. The topological polar surface area (TPSA) is 49.4 Å². The maximum Gasteiger partial charge on any atom is 0.279 e. The molecule has 0 aliphatic carbocycles. The third-order valence-corrected chi connectivity index (χ3v) is 4.67. The second-order valence-corrected chi connectivity index (χ2v) is 6.30. The largest absolute Gasteiger partial charge is 0.279 e. The van der Waals surface area contributed by atoms with E-state index in [-0.39, 0.29) is 0 Å². The average molecular weight is 299 g/mol. The molecule has 0 atom stereocenters. The summed E-state index contributed by atoms with van der Waals surface area (Å²) in [5.74, 6) is 0. The molecule has 90 valence electrons. The summed E-state index contributed by atoms with van der Waals surface area (Å²) in [5, 5.41) is 0.829. The molecule has 0 radical (unpaired) electrons. The van der Waals surface area contributed by atoms with Gasteiger partial charge in [-0.25, -0.2) is 4.72 Å². The molecule has 6 heteroatoms. The molecule has 1 aliphatic rings. The lowest BCUT2D eigenvalue weighted by atomic mass is 10.2. The monoisotopic (exact) mass is 298 g/mol. The number of hydrogen-bond acceptors (Lipinski definition) is 2. The van der Waals surface area contributed by atoms with Crippen LogP contribution in [0.2, 0.25) is 0 Å². The Morgan fingerprint density at radius 1 is 1.13 bits per heavy atom. The lowest BCUT2D eigenvalue weighted by molar-refractivity contribution is 0.415. The Hall–Kier alpha value is 0.350. The van der Waals surface area contributed by atoms with Crippen LogP contribution in [0.1, 0.15) is 32.1 Å². The van der Waals surface area contributed by atoms with Crippen molar-refractivity contribution in [3.05, 3.63) is 0 Å². The Balaban J connectivity index is 2.43. The molecule has 1 N–H and O–H groups in total. The lowest BCUT2D eigenvalue weighted by Crippen LogP contribution is -2.41. The summed E-state index contributed by atoms with van der Waals surface area (Å²) in [6.07, 6.45) is 5.09. The smallest absolute Gasteiger partial charge is 0.202 e. The predicted octanol–water partition coefficient (Wildman–Crippen LogP) is 1.48. The summed E-state index contributed by atoms with van der Waals surface area (Å²) < 4.78 is 27.8. The Morgan fingerprint density at radius 3 is 2.27 bits per heavy atom. The number of hydrogen-bond donors (Lipinski definition) is 1. The zero-order valence-electron chi connectivity index (χ0n) is 8.91. The molecule has 1 saturated heterocycles. The first-order valence-electron chi connectivity index (χ1n) is 5.47. The SMILES string of the molecule is O=S(=O)(NCCCBr)N1CCCCCC1. The van der Waals surface area contributed by atoms with Crippen LogP contribution >= 0.6 is 15.9 Å². The zero-order chi connectivity index (χ0) is 11.1. The van der Waals surface area contributed by atoms with E-state index < -0.39 is 10.2 Å². The van der Waals surface area contributed by atoms with E-state index in [1.165, 1.54) is 0 Å². The van der Waals surface area contributed by atoms with Crippen LogP contribution in [-0.4, -0.2) is 37.7 Å². The van der Waals surface area contributed by atoms with Crippen molar-refractivity contribution in [2.24, 2.45) is 0 Å². The van der Waals surface area contributed by atoms with Gasteiger partial charge in [-0.2, -0.15) is 12.7 Å². The summed E-state index contributed by atoms with van der Waals surface area (Å²) in [6, 6.07) is 0. The third kappa shape index (κ3) is 4.80. The van der Waals surface area contributed by atoms with Gasteiger partial charge in [0.05, 0.1) is 0 Å². The first-order valence-corrected chi connectivity index (χ1v) is 8.03. The molecule has 0 aromatic rings. The molecule has 0 bridgehead atoms. The van der Waals surface area contributed by atoms with Crippen LogP contribution in [0.5, 0.6) is 0 Å². The van der Waals surface area contributed by atoms with E-state index in [2.05, 4.69) is 20.7 Å². The maximum absolute atomic E-state index is 11.8. The van der Waals surface area contributed by atoms with E-state index in [4.69, 9.17) is 0 Å². The summed E-state index contributed by atoms with van der Waals surface area (Å²) in [5.41, 5.74) is 0. The van der Waals surface area contributed by atoms with E-state index in [9.17, 15) is 8.42 Å². The van der Waals surface area contributed by atoms with Gasteiger partial charge in [0.15, 0.2) is 0 Å². The van der Waals surface area contributed by atoms with Gasteiger partial charge in [-0.15, -0.1) is 0 Å². The molecule has 1 aliphatic heterocycles. The minimum absolute atomic E-state index is 0.518. The van der Waals surface area contributed by atoms with Gasteiger partial charge in [0.1, 0.15) is 0 Å². The standard InChI is InChI=1S/C9H19BrN2O2S/c10-6-5-7-11-15(13,14)12-8-3-1-2-4-9-12/h11H,1-9H2. The van der Waals surface area contributed by atoms with E-state index in [0.29, 0.717) is 19.6 Å². The summed E-state index contributed by atoms with van der Waals surface area (Å²) in [6.45, 7) is 1.86. The number of alkyl halides is 1. The van der Waals surface area contributed by atoms with Crippen molar-refractivity contribution in [1.29, 1.82) is 0 Å². The van der Waals surface area contributed by atoms with Crippen molar-refractivity contribution in [2.75, 3.05) is 25.0 Å². The third-order valence-electron chi connectivity index (χ3n) is 2.50. The van der Waals surface area contributed by atoms with Gasteiger partial charge in [0, 0.05) is 25.0 Å². The summed E-state index contributed by atoms with van der Waals surface area (Å²) in [7, 11) is -3.22. The van der Waals surface area contributed by atoms with Crippen molar-refractivity contribution in [3.8, 4) is 0 Å². The summed E-state index contributed by atoms with van der Waals surface area (Å²) in [4.78, 5) is 0. The van der Waals surface area contributed by atoms with Crippen LogP contribution < -0.4 is 4.72 Å². The molecule has 4 nitrogen and oxygen atoms in total. The number of halogens is 1. The van der Waals surface area contributed by atoms with Gasteiger partial charge in [0.25, 0.3) is 10.2 Å². The Bertz CT molecular complexity index is 261. The number of nitrogens with zero attached hydrogens (tertiary/aromatic N) is 1. The minimum Gasteiger partial charge on any atom is -0.202 e. The molecule has 0 amide bonds. The molecule has 1 heterocycles. The molecule has 0 aromatic heterocycles. The zero-order valence-corrected chi connectivity index (χ0v) is 11.3. The molecule has 1 rings (SSSR count). The quantitative estimate of drug-likeness (QED) is 0.617. The number of nitrogens with one attached hydrogen (secondary N) is 1. The molecule has 0 spiro atoms. The van der Waals surface area contributed by atoms with Crippen LogP contribution in [0.15, 0.2) is 0 Å². The molecular formula is C9H19BrN2O2S. The van der Waals surface area contributed by atoms with Gasteiger partial charge in [0.2, 0.25) is 0 Å². The highest BCUT2D eigenvalue weighted by molar-refractivity contribution is 9.09. The van der Waals surface area contributed by atoms with Crippen molar-refractivity contribution in [1.82, 2.24) is 9.03 Å². The van der Waals surface area contributed by atoms with Gasteiger partial charge in [-0.05, 0) is 19.3 Å². The van der Waals surface area contributed by atoms with Crippen molar-refractivity contribution in [2.45, 2.75) is 32.1 Å². The van der Waals surface area contributed by atoms with Gasteiger partial charge < -0.3 is 0 Å². The maximum atomic E-state index is 11.8. The van der Waals surface area contributed by atoms with Gasteiger partial charge >= 0.3 is 0 Å². The summed E-state index contributed by atoms with van der Waals surface area (Å²) >= 11 is 3.28. The fourth-order valence-electron chi connectivity index (χ4n) is 1.64. The molecule has 15 heavy (non-hydrogen) atoms. The molecule has 0 unspecified atom stereocenters. The van der Waals surface area contributed by atoms with Crippen LogP contribution in [0.4, 0.5) is 0 Å².